The molecule has 2 heterocycles. The van der Waals surface area contributed by atoms with E-state index in [2.05, 4.69) is 4.72 Å². The third-order valence-electron chi connectivity index (χ3n) is 5.53. The van der Waals surface area contributed by atoms with Gasteiger partial charge in [-0.3, -0.25) is 9.69 Å². The zero-order chi connectivity index (χ0) is 23.0. The summed E-state index contributed by atoms with van der Waals surface area (Å²) in [4.78, 5) is 31.0. The van der Waals surface area contributed by atoms with Crippen LogP contribution >= 0.6 is 0 Å². The average molecular weight is 453 g/mol. The summed E-state index contributed by atoms with van der Waals surface area (Å²) in [5.74, 6) is -0.0735. The summed E-state index contributed by atoms with van der Waals surface area (Å²) < 4.78 is 32.1. The minimum Gasteiger partial charge on any atom is -0.444 e. The quantitative estimate of drug-likeness (QED) is 0.742. The molecule has 2 aliphatic rings. The fourth-order valence-electron chi connectivity index (χ4n) is 3.95. The van der Waals surface area contributed by atoms with E-state index < -0.39 is 15.6 Å². The molecule has 1 aromatic rings. The highest BCUT2D eigenvalue weighted by atomic mass is 32.2. The number of carbonyl (C=O) groups excluding carboxylic acids is 2. The number of nitrogens with zero attached hydrogens (tertiary/aromatic N) is 3. The molecular weight excluding hydrogens is 420 g/mol. The van der Waals surface area contributed by atoms with Gasteiger partial charge in [-0.05, 0) is 58.9 Å². The van der Waals surface area contributed by atoms with Crippen LogP contribution in [0.4, 0.5) is 10.5 Å². The first-order valence-corrected chi connectivity index (χ1v) is 12.0. The first-order chi connectivity index (χ1) is 14.4. The maximum absolute atomic E-state index is 13.0. The molecule has 0 radical (unpaired) electrons. The summed E-state index contributed by atoms with van der Waals surface area (Å²) in [7, 11) is -2.21. The van der Waals surface area contributed by atoms with Gasteiger partial charge in [0, 0.05) is 37.9 Å². The van der Waals surface area contributed by atoms with Gasteiger partial charge >= 0.3 is 6.09 Å². The smallest absolute Gasteiger partial charge is 0.410 e. The van der Waals surface area contributed by atoms with Crippen molar-refractivity contribution in [1.82, 2.24) is 14.5 Å². The highest BCUT2D eigenvalue weighted by Crippen LogP contribution is 2.31. The number of fused-ring (bicyclic) bond motifs is 1. The largest absolute Gasteiger partial charge is 0.444 e. The van der Waals surface area contributed by atoms with Gasteiger partial charge in [-0.2, -0.15) is 0 Å². The Bertz CT molecular complexity index is 957. The molecule has 1 atom stereocenters. The number of benzene rings is 1. The third kappa shape index (κ3) is 5.36. The van der Waals surface area contributed by atoms with Crippen molar-refractivity contribution in [3.63, 3.8) is 0 Å². The Balaban J connectivity index is 1.64. The van der Waals surface area contributed by atoms with E-state index in [0.717, 1.165) is 5.56 Å². The second-order valence-electron chi connectivity index (χ2n) is 9.05. The monoisotopic (exact) mass is 452 g/mol. The minimum atomic E-state index is -3.58. The van der Waals surface area contributed by atoms with Gasteiger partial charge in [0.25, 0.3) is 0 Å². The molecule has 1 fully saturated rings. The van der Waals surface area contributed by atoms with E-state index in [0.29, 0.717) is 38.3 Å². The summed E-state index contributed by atoms with van der Waals surface area (Å²) in [5, 5.41) is 0. The number of nitrogens with one attached hydrogen (secondary N) is 1. The van der Waals surface area contributed by atoms with Crippen molar-refractivity contribution in [2.24, 2.45) is 0 Å². The molecule has 31 heavy (non-hydrogen) atoms. The lowest BCUT2D eigenvalue weighted by molar-refractivity contribution is -0.120. The van der Waals surface area contributed by atoms with Crippen LogP contribution in [-0.4, -0.2) is 81.6 Å². The van der Waals surface area contributed by atoms with E-state index in [4.69, 9.17) is 4.74 Å². The number of piperazine rings is 1. The molecule has 9 nitrogen and oxygen atoms in total. The number of carbonyl (C=O) groups is 2. The Morgan fingerprint density at radius 3 is 2.52 bits per heavy atom. The number of amides is 2. The molecule has 1 aromatic carbocycles. The predicted octanol–water partition coefficient (Wildman–Crippen LogP) is 1.43. The van der Waals surface area contributed by atoms with Crippen LogP contribution in [0.5, 0.6) is 0 Å². The second kappa shape index (κ2) is 8.76. The van der Waals surface area contributed by atoms with Gasteiger partial charge in [-0.1, -0.05) is 6.07 Å². The molecule has 1 unspecified atom stereocenters. The van der Waals surface area contributed by atoms with Crippen molar-refractivity contribution in [1.29, 1.82) is 0 Å². The number of ether oxygens (including phenoxy) is 1. The summed E-state index contributed by atoms with van der Waals surface area (Å²) >= 11 is 0. The third-order valence-corrected chi connectivity index (χ3v) is 6.94. The van der Waals surface area contributed by atoms with Crippen LogP contribution in [0.3, 0.4) is 0 Å². The fourth-order valence-corrected chi connectivity index (χ4v) is 4.70. The van der Waals surface area contributed by atoms with Crippen LogP contribution in [0.2, 0.25) is 0 Å². The molecule has 0 saturated carbocycles. The van der Waals surface area contributed by atoms with Gasteiger partial charge in [0.2, 0.25) is 15.9 Å². The van der Waals surface area contributed by atoms with E-state index in [1.165, 1.54) is 7.05 Å². The molecule has 0 bridgehead atoms. The van der Waals surface area contributed by atoms with E-state index in [-0.39, 0.29) is 29.5 Å². The van der Waals surface area contributed by atoms with E-state index in [9.17, 15) is 18.0 Å². The first-order valence-electron chi connectivity index (χ1n) is 10.5. The van der Waals surface area contributed by atoms with E-state index >= 15 is 0 Å². The maximum atomic E-state index is 13.0. The number of rotatable bonds is 4. The van der Waals surface area contributed by atoms with Crippen LogP contribution in [0, 0.1) is 0 Å². The molecule has 2 amide bonds. The van der Waals surface area contributed by atoms with Gasteiger partial charge in [0.05, 0.1) is 11.4 Å². The number of hydrogen-bond acceptors (Lipinski definition) is 6. The summed E-state index contributed by atoms with van der Waals surface area (Å²) in [6.45, 7) is 9.84. The van der Waals surface area contributed by atoms with Gasteiger partial charge < -0.3 is 14.5 Å². The Kier molecular flexibility index (Phi) is 6.64. The maximum Gasteiger partial charge on any atom is 0.410 e. The Labute approximate surface area is 184 Å². The Morgan fingerprint density at radius 2 is 1.90 bits per heavy atom. The molecule has 0 aliphatic carbocycles. The highest BCUT2D eigenvalue weighted by molar-refractivity contribution is 7.89. The zero-order valence-electron chi connectivity index (χ0n) is 18.8. The molecule has 1 N–H and O–H groups in total. The second-order valence-corrected chi connectivity index (χ2v) is 10.9. The van der Waals surface area contributed by atoms with Crippen LogP contribution in [-0.2, 0) is 26.0 Å². The Hall–Kier alpha value is -2.17. The van der Waals surface area contributed by atoms with E-state index in [1.807, 2.05) is 32.6 Å². The molecule has 172 valence electrons. The lowest BCUT2D eigenvalue weighted by Gasteiger charge is -2.40. The lowest BCUT2D eigenvalue weighted by Crippen LogP contribution is -2.56. The minimum absolute atomic E-state index is 0.0735. The van der Waals surface area contributed by atoms with Crippen molar-refractivity contribution < 1.29 is 22.7 Å². The van der Waals surface area contributed by atoms with Crippen molar-refractivity contribution >= 4 is 27.7 Å². The molecule has 1 saturated heterocycles. The number of anilines is 1. The number of sulfonamides is 1. The summed E-state index contributed by atoms with van der Waals surface area (Å²) in [5.41, 5.74) is 1.07. The molecule has 0 spiro atoms. The van der Waals surface area contributed by atoms with Gasteiger partial charge in [-0.25, -0.2) is 17.9 Å². The molecular formula is C21H32N4O5S. The normalized spacial score (nSPS) is 20.0. The number of hydrogen-bond donors (Lipinski definition) is 1. The molecule has 3 rings (SSSR count). The lowest BCUT2D eigenvalue weighted by atomic mass is 10.1. The highest BCUT2D eigenvalue weighted by Gasteiger charge is 2.33. The molecule has 2 aliphatic heterocycles. The van der Waals surface area contributed by atoms with Crippen molar-refractivity contribution in [2.75, 3.05) is 44.7 Å². The van der Waals surface area contributed by atoms with Crippen LogP contribution < -0.4 is 9.62 Å². The van der Waals surface area contributed by atoms with Gasteiger partial charge in [0.1, 0.15) is 5.60 Å². The van der Waals surface area contributed by atoms with Crippen molar-refractivity contribution in [2.45, 2.75) is 50.7 Å². The van der Waals surface area contributed by atoms with Crippen molar-refractivity contribution in [3.05, 3.63) is 23.8 Å². The zero-order valence-corrected chi connectivity index (χ0v) is 19.7. The molecule has 10 heteroatoms. The summed E-state index contributed by atoms with van der Waals surface area (Å²) in [6, 6.07) is 4.83. The fraction of sp³-hybridized carbons (Fsp3) is 0.619. The van der Waals surface area contributed by atoms with Crippen LogP contribution in [0.1, 0.15) is 33.3 Å². The van der Waals surface area contributed by atoms with Gasteiger partial charge in [0.15, 0.2) is 0 Å². The van der Waals surface area contributed by atoms with Crippen LogP contribution in [0.25, 0.3) is 0 Å². The first kappa shape index (κ1) is 23.5. The Morgan fingerprint density at radius 1 is 1.19 bits per heavy atom. The average Bonchev–Trinajstić information content (AvgIpc) is 3.10. The summed E-state index contributed by atoms with van der Waals surface area (Å²) in [6.07, 6.45) is 0.363. The SMILES string of the molecule is CNS(=O)(=O)c1ccc2c(c1)N(C(=O)CN1CCN(C(=O)OC(C)(C)C)C(C)C1)CC2. The standard InChI is InChI=1S/C21H32N4O5S/c1-15-13-23(10-11-24(15)20(27)30-21(2,3)4)14-19(26)25-9-8-16-6-7-17(12-18(16)25)31(28,29)22-5/h6-7,12,15,22H,8-11,13-14H2,1-5H3. The van der Waals surface area contributed by atoms with Crippen molar-refractivity contribution in [3.8, 4) is 0 Å². The predicted molar refractivity (Wildman–Crippen MR) is 118 cm³/mol. The van der Waals surface area contributed by atoms with E-state index in [1.54, 1.807) is 28.0 Å². The van der Waals surface area contributed by atoms with Crippen LogP contribution in [0.15, 0.2) is 23.1 Å². The molecule has 0 aromatic heterocycles. The van der Waals surface area contributed by atoms with Gasteiger partial charge in [-0.15, -0.1) is 0 Å². The topological polar surface area (TPSA) is 99.3 Å².